The molecular formula is C27H26N2O2S. The van der Waals surface area contributed by atoms with Crippen molar-refractivity contribution in [3.63, 3.8) is 0 Å². The van der Waals surface area contributed by atoms with Crippen LogP contribution in [0.2, 0.25) is 0 Å². The van der Waals surface area contributed by atoms with E-state index in [1.165, 1.54) is 28.9 Å². The number of benzene rings is 3. The summed E-state index contributed by atoms with van der Waals surface area (Å²) in [5.74, 6) is 0. The highest BCUT2D eigenvalue weighted by atomic mass is 32.2. The van der Waals surface area contributed by atoms with Crippen LogP contribution in [0.25, 0.3) is 27.2 Å². The summed E-state index contributed by atoms with van der Waals surface area (Å²) >= 11 is 0. The minimum atomic E-state index is -3.76. The number of aryl methyl sites for hydroxylation is 1. The van der Waals surface area contributed by atoms with Crippen molar-refractivity contribution in [3.05, 3.63) is 84.1 Å². The lowest BCUT2D eigenvalue weighted by atomic mass is 9.93. The third-order valence-electron chi connectivity index (χ3n) is 7.09. The molecule has 4 nitrogen and oxygen atoms in total. The number of nitrogens with zero attached hydrogens (tertiary/aromatic N) is 2. The predicted octanol–water partition coefficient (Wildman–Crippen LogP) is 5.59. The van der Waals surface area contributed by atoms with Crippen LogP contribution in [0.3, 0.4) is 0 Å². The van der Waals surface area contributed by atoms with Gasteiger partial charge in [0.15, 0.2) is 0 Å². The van der Waals surface area contributed by atoms with Gasteiger partial charge in [-0.1, -0.05) is 54.1 Å². The van der Waals surface area contributed by atoms with E-state index < -0.39 is 10.0 Å². The van der Waals surface area contributed by atoms with Crippen molar-refractivity contribution in [2.75, 3.05) is 13.1 Å². The zero-order valence-electron chi connectivity index (χ0n) is 18.2. The first-order valence-corrected chi connectivity index (χ1v) is 12.7. The van der Waals surface area contributed by atoms with Crippen molar-refractivity contribution in [3.8, 4) is 0 Å². The molecule has 1 saturated heterocycles. The van der Waals surface area contributed by atoms with Gasteiger partial charge in [-0.25, -0.2) is 12.4 Å². The van der Waals surface area contributed by atoms with Crippen LogP contribution < -0.4 is 0 Å². The third kappa shape index (κ3) is 3.03. The van der Waals surface area contributed by atoms with E-state index in [9.17, 15) is 8.42 Å². The molecule has 5 heteroatoms. The number of hydrogen-bond donors (Lipinski definition) is 0. The van der Waals surface area contributed by atoms with Gasteiger partial charge in [0.25, 0.3) is 10.0 Å². The van der Waals surface area contributed by atoms with Crippen LogP contribution in [0.1, 0.15) is 30.4 Å². The Morgan fingerprint density at radius 3 is 2.72 bits per heavy atom. The fraction of sp³-hybridized carbons (Fsp3) is 0.259. The molecule has 0 saturated carbocycles. The molecule has 1 fully saturated rings. The van der Waals surface area contributed by atoms with Crippen LogP contribution in [0.15, 0.2) is 77.8 Å². The van der Waals surface area contributed by atoms with Gasteiger partial charge in [-0.05, 0) is 61.9 Å². The monoisotopic (exact) mass is 442 g/mol. The lowest BCUT2D eigenvalue weighted by Gasteiger charge is -2.29. The summed E-state index contributed by atoms with van der Waals surface area (Å²) in [7, 11) is -3.76. The smallest absolute Gasteiger partial charge is 0.268 e. The maximum atomic E-state index is 14.0. The van der Waals surface area contributed by atoms with Crippen LogP contribution in [0.5, 0.6) is 0 Å². The molecule has 3 aromatic carbocycles. The van der Waals surface area contributed by atoms with Crippen molar-refractivity contribution in [1.29, 1.82) is 0 Å². The van der Waals surface area contributed by atoms with Gasteiger partial charge in [0.05, 0.1) is 10.4 Å². The van der Waals surface area contributed by atoms with Crippen LogP contribution in [0, 0.1) is 6.92 Å². The highest BCUT2D eigenvalue weighted by Gasteiger charge is 2.30. The Hall–Kier alpha value is -2.89. The van der Waals surface area contributed by atoms with E-state index in [1.807, 2.05) is 54.7 Å². The van der Waals surface area contributed by atoms with E-state index in [1.54, 1.807) is 6.07 Å². The number of hydrogen-bond acceptors (Lipinski definition) is 3. The van der Waals surface area contributed by atoms with E-state index in [0.717, 1.165) is 45.8 Å². The summed E-state index contributed by atoms with van der Waals surface area (Å²) in [6.07, 6.45) is 7.62. The van der Waals surface area contributed by atoms with E-state index in [2.05, 4.69) is 24.0 Å². The zero-order valence-corrected chi connectivity index (χ0v) is 19.0. The summed E-state index contributed by atoms with van der Waals surface area (Å²) in [5.41, 5.74) is 4.21. The molecule has 4 aromatic rings. The average molecular weight is 443 g/mol. The molecule has 1 aromatic heterocycles. The molecule has 0 aliphatic carbocycles. The largest absolute Gasteiger partial charge is 0.296 e. The molecule has 2 aliphatic heterocycles. The number of fused-ring (bicyclic) bond motifs is 3. The molecule has 1 unspecified atom stereocenters. The molecule has 0 N–H and O–H groups in total. The second kappa shape index (κ2) is 7.32. The van der Waals surface area contributed by atoms with Gasteiger partial charge < -0.3 is 0 Å². The maximum Gasteiger partial charge on any atom is 0.268 e. The summed E-state index contributed by atoms with van der Waals surface area (Å²) in [6.45, 7) is 4.19. The van der Waals surface area contributed by atoms with Crippen molar-refractivity contribution in [2.24, 2.45) is 0 Å². The molecule has 2 aliphatic rings. The molecule has 0 radical (unpaired) electrons. The zero-order chi connectivity index (χ0) is 21.9. The second-order valence-electron chi connectivity index (χ2n) is 9.07. The van der Waals surface area contributed by atoms with E-state index >= 15 is 0 Å². The third-order valence-corrected chi connectivity index (χ3v) is 8.82. The molecular weight excluding hydrogens is 416 g/mol. The number of aromatic nitrogens is 1. The van der Waals surface area contributed by atoms with Crippen molar-refractivity contribution in [1.82, 2.24) is 8.87 Å². The van der Waals surface area contributed by atoms with Gasteiger partial charge in [0.1, 0.15) is 0 Å². The van der Waals surface area contributed by atoms with Crippen molar-refractivity contribution in [2.45, 2.75) is 37.1 Å². The van der Waals surface area contributed by atoms with Gasteiger partial charge in [-0.2, -0.15) is 0 Å². The van der Waals surface area contributed by atoms with E-state index in [0.29, 0.717) is 10.9 Å². The van der Waals surface area contributed by atoms with Gasteiger partial charge >= 0.3 is 0 Å². The molecule has 0 amide bonds. The lowest BCUT2D eigenvalue weighted by Crippen LogP contribution is -2.32. The van der Waals surface area contributed by atoms with Gasteiger partial charge in [0, 0.05) is 35.1 Å². The Bertz CT molecular complexity index is 1490. The minimum absolute atomic E-state index is 0.346. The fourth-order valence-electron chi connectivity index (χ4n) is 5.45. The first-order valence-electron chi connectivity index (χ1n) is 11.3. The highest BCUT2D eigenvalue weighted by molar-refractivity contribution is 7.90. The highest BCUT2D eigenvalue weighted by Crippen LogP contribution is 2.38. The Morgan fingerprint density at radius 1 is 0.969 bits per heavy atom. The molecule has 1 atom stereocenters. The van der Waals surface area contributed by atoms with Crippen LogP contribution in [-0.4, -0.2) is 36.4 Å². The second-order valence-corrected chi connectivity index (χ2v) is 10.8. The molecule has 0 spiro atoms. The van der Waals surface area contributed by atoms with Crippen molar-refractivity contribution < 1.29 is 8.42 Å². The molecule has 3 heterocycles. The predicted molar refractivity (Wildman–Crippen MR) is 130 cm³/mol. The Morgan fingerprint density at radius 2 is 1.81 bits per heavy atom. The van der Waals surface area contributed by atoms with Crippen molar-refractivity contribution >= 4 is 37.3 Å². The van der Waals surface area contributed by atoms with Gasteiger partial charge in [-0.3, -0.25) is 4.90 Å². The van der Waals surface area contributed by atoms with E-state index in [4.69, 9.17) is 0 Å². The average Bonchev–Trinajstić information content (AvgIpc) is 3.42. The Labute approximate surface area is 188 Å². The summed E-state index contributed by atoms with van der Waals surface area (Å²) in [6, 6.07) is 19.8. The van der Waals surface area contributed by atoms with Crippen LogP contribution in [0.4, 0.5) is 0 Å². The molecule has 32 heavy (non-hydrogen) atoms. The SMILES string of the molecule is Cc1ccc2c(c1)c(C1=CCN3CCCC3C1)cn2S(=O)(=O)c1cccc2ccccc12. The Kier molecular flexibility index (Phi) is 4.52. The fourth-order valence-corrected chi connectivity index (χ4v) is 7.04. The minimum Gasteiger partial charge on any atom is -0.296 e. The summed E-state index contributed by atoms with van der Waals surface area (Å²) in [5, 5.41) is 2.70. The van der Waals surface area contributed by atoms with Crippen LogP contribution >= 0.6 is 0 Å². The quantitative estimate of drug-likeness (QED) is 0.415. The van der Waals surface area contributed by atoms with Gasteiger partial charge in [-0.15, -0.1) is 0 Å². The maximum absolute atomic E-state index is 14.0. The molecule has 162 valence electrons. The summed E-state index contributed by atoms with van der Waals surface area (Å²) < 4.78 is 29.4. The number of rotatable bonds is 3. The Balaban J connectivity index is 1.56. The standard InChI is InChI=1S/C27H26N2O2S/c1-19-11-12-26-24(16-19)25(21-13-15-28-14-5-8-22(28)17-21)18-29(26)32(30,31)27-10-4-7-20-6-2-3-9-23(20)27/h2-4,6-7,9-13,16,18,22H,5,8,14-15,17H2,1H3. The first kappa shape index (κ1) is 19.8. The summed E-state index contributed by atoms with van der Waals surface area (Å²) in [4.78, 5) is 2.89. The molecule has 6 rings (SSSR count). The lowest BCUT2D eigenvalue weighted by molar-refractivity contribution is 0.275. The molecule has 0 bridgehead atoms. The van der Waals surface area contributed by atoms with Crippen LogP contribution in [-0.2, 0) is 10.0 Å². The first-order chi connectivity index (χ1) is 15.5. The van der Waals surface area contributed by atoms with Gasteiger partial charge in [0.2, 0.25) is 0 Å². The topological polar surface area (TPSA) is 42.3 Å². The normalized spacial score (nSPS) is 19.4. The van der Waals surface area contributed by atoms with E-state index in [-0.39, 0.29) is 0 Å².